The van der Waals surface area contributed by atoms with E-state index in [1.54, 1.807) is 0 Å². The van der Waals surface area contributed by atoms with Gasteiger partial charge >= 0.3 is 0 Å². The molecular weight excluding hydrogens is 214 g/mol. The Morgan fingerprint density at radius 2 is 2.12 bits per heavy atom. The number of hydrogen-bond acceptors (Lipinski definition) is 2. The Bertz CT molecular complexity index is 388. The van der Waals surface area contributed by atoms with Gasteiger partial charge in [-0.25, -0.2) is 8.78 Å². The maximum absolute atomic E-state index is 12.6. The van der Waals surface area contributed by atoms with Gasteiger partial charge in [-0.3, -0.25) is 4.79 Å². The predicted molar refractivity (Wildman–Crippen MR) is 58.9 cm³/mol. The maximum Gasteiger partial charge on any atom is 0.264 e. The first-order valence-electron chi connectivity index (χ1n) is 5.15. The van der Waals surface area contributed by atoms with Crippen LogP contribution < -0.4 is 5.56 Å². The van der Waals surface area contributed by atoms with Gasteiger partial charge in [-0.15, -0.1) is 0 Å². The lowest BCUT2D eigenvalue weighted by Crippen LogP contribution is -2.15. The second-order valence-electron chi connectivity index (χ2n) is 3.99. The van der Waals surface area contributed by atoms with Crippen LogP contribution in [-0.4, -0.2) is 30.5 Å². The minimum Gasteiger partial charge on any atom is -0.329 e. The third-order valence-corrected chi connectivity index (χ3v) is 2.33. The number of nitrogens with one attached hydrogen (secondary N) is 1. The molecule has 0 unspecified atom stereocenters. The molecular formula is C11H16F2N2O. The molecule has 0 radical (unpaired) electrons. The normalized spacial score (nSPS) is 11.4. The first kappa shape index (κ1) is 12.8. The standard InChI is InChI=1S/C11H16F2N2O/c1-15(2)5-3-4-8-7-14-10(16)6-9(8)11(12)13/h6-7,11H,3-5H2,1-2H3,(H,14,16). The summed E-state index contributed by atoms with van der Waals surface area (Å²) in [7, 11) is 3.86. The molecule has 0 aliphatic carbocycles. The summed E-state index contributed by atoms with van der Waals surface area (Å²) in [4.78, 5) is 15.4. The van der Waals surface area contributed by atoms with Crippen molar-refractivity contribution in [3.63, 3.8) is 0 Å². The van der Waals surface area contributed by atoms with Gasteiger partial charge in [0.25, 0.3) is 6.43 Å². The van der Waals surface area contributed by atoms with Crippen molar-refractivity contribution in [2.24, 2.45) is 0 Å². The number of nitrogens with zero attached hydrogens (tertiary/aromatic N) is 1. The molecule has 1 aromatic rings. The molecule has 16 heavy (non-hydrogen) atoms. The molecule has 1 aromatic heterocycles. The van der Waals surface area contributed by atoms with Crippen LogP contribution in [0.3, 0.4) is 0 Å². The maximum atomic E-state index is 12.6. The highest BCUT2D eigenvalue weighted by molar-refractivity contribution is 5.24. The smallest absolute Gasteiger partial charge is 0.264 e. The molecule has 0 amide bonds. The molecule has 0 saturated heterocycles. The van der Waals surface area contributed by atoms with Gasteiger partial charge in [0.05, 0.1) is 0 Å². The lowest BCUT2D eigenvalue weighted by molar-refractivity contribution is 0.150. The van der Waals surface area contributed by atoms with E-state index in [4.69, 9.17) is 0 Å². The molecule has 1 heterocycles. The van der Waals surface area contributed by atoms with Crippen molar-refractivity contribution in [1.82, 2.24) is 9.88 Å². The van der Waals surface area contributed by atoms with E-state index >= 15 is 0 Å². The highest BCUT2D eigenvalue weighted by atomic mass is 19.3. The predicted octanol–water partition coefficient (Wildman–Crippen LogP) is 1.81. The summed E-state index contributed by atoms with van der Waals surface area (Å²) in [5, 5.41) is 0. The van der Waals surface area contributed by atoms with E-state index in [0.717, 1.165) is 19.0 Å². The summed E-state index contributed by atoms with van der Waals surface area (Å²) >= 11 is 0. The topological polar surface area (TPSA) is 36.1 Å². The van der Waals surface area contributed by atoms with Gasteiger partial charge in [0, 0.05) is 17.8 Å². The molecule has 3 nitrogen and oxygen atoms in total. The second-order valence-corrected chi connectivity index (χ2v) is 3.99. The molecule has 1 N–H and O–H groups in total. The molecule has 0 saturated carbocycles. The first-order chi connectivity index (χ1) is 7.50. The van der Waals surface area contributed by atoms with Crippen molar-refractivity contribution < 1.29 is 8.78 Å². The van der Waals surface area contributed by atoms with Gasteiger partial charge in [0.15, 0.2) is 0 Å². The van der Waals surface area contributed by atoms with Crippen LogP contribution in [0.15, 0.2) is 17.1 Å². The van der Waals surface area contributed by atoms with Gasteiger partial charge in [-0.2, -0.15) is 0 Å². The van der Waals surface area contributed by atoms with Crippen LogP contribution in [-0.2, 0) is 6.42 Å². The zero-order chi connectivity index (χ0) is 12.1. The largest absolute Gasteiger partial charge is 0.329 e. The summed E-state index contributed by atoms with van der Waals surface area (Å²) in [6.07, 6.45) is 0.143. The number of aromatic nitrogens is 1. The highest BCUT2D eigenvalue weighted by Crippen LogP contribution is 2.21. The molecule has 90 valence electrons. The molecule has 0 fully saturated rings. The van der Waals surface area contributed by atoms with Crippen LogP contribution >= 0.6 is 0 Å². The van der Waals surface area contributed by atoms with Crippen molar-refractivity contribution in [3.8, 4) is 0 Å². The van der Waals surface area contributed by atoms with E-state index in [0.29, 0.717) is 12.0 Å². The number of rotatable bonds is 5. The van der Waals surface area contributed by atoms with Gasteiger partial charge in [0.2, 0.25) is 5.56 Å². The molecule has 1 rings (SSSR count). The van der Waals surface area contributed by atoms with Crippen LogP contribution in [0.2, 0.25) is 0 Å². The third-order valence-electron chi connectivity index (χ3n) is 2.33. The fourth-order valence-corrected chi connectivity index (χ4v) is 1.52. The Labute approximate surface area is 93.1 Å². The molecule has 0 bridgehead atoms. The zero-order valence-corrected chi connectivity index (χ0v) is 9.46. The lowest BCUT2D eigenvalue weighted by atomic mass is 10.1. The number of H-pyrrole nitrogens is 1. The molecule has 0 aliphatic heterocycles. The minimum absolute atomic E-state index is 0.150. The number of hydrogen-bond donors (Lipinski definition) is 1. The third kappa shape index (κ3) is 3.73. The van der Waals surface area contributed by atoms with Crippen LogP contribution in [0.5, 0.6) is 0 Å². The Balaban J connectivity index is 2.75. The summed E-state index contributed by atoms with van der Waals surface area (Å²) < 4.78 is 25.3. The van der Waals surface area contributed by atoms with E-state index in [1.807, 2.05) is 19.0 Å². The molecule has 0 atom stereocenters. The van der Waals surface area contributed by atoms with Crippen LogP contribution in [0.1, 0.15) is 24.0 Å². The molecule has 0 aliphatic rings. The van der Waals surface area contributed by atoms with Crippen LogP contribution in [0.25, 0.3) is 0 Å². The van der Waals surface area contributed by atoms with Gasteiger partial charge < -0.3 is 9.88 Å². The Morgan fingerprint density at radius 3 is 2.69 bits per heavy atom. The van der Waals surface area contributed by atoms with E-state index in [2.05, 4.69) is 4.98 Å². The van der Waals surface area contributed by atoms with E-state index < -0.39 is 12.0 Å². The quantitative estimate of drug-likeness (QED) is 0.837. The molecule has 0 aromatic carbocycles. The summed E-state index contributed by atoms with van der Waals surface area (Å²) in [6.45, 7) is 0.835. The number of halogens is 2. The van der Waals surface area contributed by atoms with E-state index in [-0.39, 0.29) is 5.56 Å². The molecule has 0 spiro atoms. The lowest BCUT2D eigenvalue weighted by Gasteiger charge is -2.11. The summed E-state index contributed by atoms with van der Waals surface area (Å²) in [6, 6.07) is 0.982. The monoisotopic (exact) mass is 230 g/mol. The Hall–Kier alpha value is -1.23. The average Bonchev–Trinajstić information content (AvgIpc) is 2.19. The number of aryl methyl sites for hydroxylation is 1. The minimum atomic E-state index is -2.59. The number of alkyl halides is 2. The molecule has 5 heteroatoms. The fourth-order valence-electron chi connectivity index (χ4n) is 1.52. The SMILES string of the molecule is CN(C)CCCc1c[nH]c(=O)cc1C(F)F. The zero-order valence-electron chi connectivity index (χ0n) is 9.46. The van der Waals surface area contributed by atoms with Crippen molar-refractivity contribution in [3.05, 3.63) is 33.7 Å². The van der Waals surface area contributed by atoms with Gasteiger partial charge in [-0.05, 0) is 39.0 Å². The van der Waals surface area contributed by atoms with Gasteiger partial charge in [-0.1, -0.05) is 0 Å². The Kier molecular flexibility index (Phi) is 4.61. The number of pyridine rings is 1. The number of aromatic amines is 1. The highest BCUT2D eigenvalue weighted by Gasteiger charge is 2.13. The van der Waals surface area contributed by atoms with Crippen molar-refractivity contribution >= 4 is 0 Å². The average molecular weight is 230 g/mol. The van der Waals surface area contributed by atoms with Crippen LogP contribution in [0.4, 0.5) is 8.78 Å². The van der Waals surface area contributed by atoms with E-state index in [9.17, 15) is 13.6 Å². The van der Waals surface area contributed by atoms with Crippen LogP contribution in [0, 0.1) is 0 Å². The first-order valence-corrected chi connectivity index (χ1v) is 5.15. The van der Waals surface area contributed by atoms with Gasteiger partial charge in [0.1, 0.15) is 0 Å². The second kappa shape index (κ2) is 5.75. The Morgan fingerprint density at radius 1 is 1.44 bits per heavy atom. The van der Waals surface area contributed by atoms with Crippen molar-refractivity contribution in [2.45, 2.75) is 19.3 Å². The fraction of sp³-hybridized carbons (Fsp3) is 0.545. The van der Waals surface area contributed by atoms with Crippen molar-refractivity contribution in [2.75, 3.05) is 20.6 Å². The summed E-state index contributed by atoms with van der Waals surface area (Å²) in [5.74, 6) is 0. The van der Waals surface area contributed by atoms with E-state index in [1.165, 1.54) is 6.20 Å². The summed E-state index contributed by atoms with van der Waals surface area (Å²) in [5.41, 5.74) is -0.106. The van der Waals surface area contributed by atoms with Crippen molar-refractivity contribution in [1.29, 1.82) is 0 Å².